The fraction of sp³-hybridized carbons (Fsp3) is 0.0625. The maximum absolute atomic E-state index is 12.0. The first-order valence-electron chi connectivity index (χ1n) is 7.28. The minimum Gasteiger partial charge on any atom is -0.411 e. The highest BCUT2D eigenvalue weighted by atomic mass is 35.5. The zero-order valence-corrected chi connectivity index (χ0v) is 14.7. The third-order valence-corrected chi connectivity index (χ3v) is 4.20. The predicted octanol–water partition coefficient (Wildman–Crippen LogP) is 4.03. The Hall–Kier alpha value is -2.91. The maximum Gasteiger partial charge on any atom is 0.277 e. The summed E-state index contributed by atoms with van der Waals surface area (Å²) >= 11 is 6.92. The number of carbonyl (C=O) groups is 1. The van der Waals surface area contributed by atoms with Crippen LogP contribution >= 0.6 is 23.4 Å². The summed E-state index contributed by atoms with van der Waals surface area (Å²) in [6, 6.07) is 12.7. The molecule has 0 saturated carbocycles. The lowest BCUT2D eigenvalue weighted by molar-refractivity contribution is -0.384. The van der Waals surface area contributed by atoms with Crippen molar-refractivity contribution in [2.24, 2.45) is 0 Å². The molecule has 0 aliphatic heterocycles. The van der Waals surface area contributed by atoms with Crippen molar-refractivity contribution < 1.29 is 14.1 Å². The van der Waals surface area contributed by atoms with E-state index in [1.54, 1.807) is 30.3 Å². The number of non-ortho nitro benzene ring substituents is 1. The molecule has 3 aromatic rings. The molecule has 1 aromatic heterocycles. The largest absolute Gasteiger partial charge is 0.411 e. The van der Waals surface area contributed by atoms with Crippen LogP contribution in [0.3, 0.4) is 0 Å². The number of anilines is 1. The lowest BCUT2D eigenvalue weighted by atomic mass is 10.2. The van der Waals surface area contributed by atoms with Gasteiger partial charge >= 0.3 is 0 Å². The topological polar surface area (TPSA) is 111 Å². The van der Waals surface area contributed by atoms with Gasteiger partial charge in [0.2, 0.25) is 11.8 Å². The second-order valence-electron chi connectivity index (χ2n) is 5.03. The Balaban J connectivity index is 1.61. The van der Waals surface area contributed by atoms with Gasteiger partial charge in [0.05, 0.1) is 10.7 Å². The van der Waals surface area contributed by atoms with Crippen LogP contribution in [0.15, 0.2) is 58.2 Å². The highest BCUT2D eigenvalue weighted by molar-refractivity contribution is 7.99. The van der Waals surface area contributed by atoms with Crippen LogP contribution in [-0.4, -0.2) is 26.8 Å². The number of benzene rings is 2. The lowest BCUT2D eigenvalue weighted by Gasteiger charge is -2.03. The van der Waals surface area contributed by atoms with Gasteiger partial charge in [-0.15, -0.1) is 10.2 Å². The molecule has 0 aliphatic rings. The molecule has 3 rings (SSSR count). The third kappa shape index (κ3) is 4.58. The summed E-state index contributed by atoms with van der Waals surface area (Å²) < 4.78 is 5.44. The van der Waals surface area contributed by atoms with Crippen LogP contribution in [0.2, 0.25) is 5.02 Å². The number of aromatic nitrogens is 2. The van der Waals surface area contributed by atoms with Gasteiger partial charge in [0, 0.05) is 28.4 Å². The first kappa shape index (κ1) is 17.9. The number of nitrogens with zero attached hydrogens (tertiary/aromatic N) is 3. The summed E-state index contributed by atoms with van der Waals surface area (Å²) in [5, 5.41) is 21.9. The van der Waals surface area contributed by atoms with Crippen LogP contribution in [0.1, 0.15) is 0 Å². The lowest BCUT2D eigenvalue weighted by Crippen LogP contribution is -2.13. The van der Waals surface area contributed by atoms with E-state index in [0.29, 0.717) is 16.3 Å². The zero-order valence-electron chi connectivity index (χ0n) is 13.1. The Labute approximate surface area is 156 Å². The Morgan fingerprint density at radius 1 is 1.23 bits per heavy atom. The van der Waals surface area contributed by atoms with Crippen molar-refractivity contribution in [2.45, 2.75) is 5.22 Å². The molecule has 0 radical (unpaired) electrons. The Bertz CT molecular complexity index is 963. The predicted molar refractivity (Wildman–Crippen MR) is 97.2 cm³/mol. The van der Waals surface area contributed by atoms with Gasteiger partial charge < -0.3 is 9.73 Å². The van der Waals surface area contributed by atoms with Crippen molar-refractivity contribution >= 4 is 40.6 Å². The number of nitro benzene ring substituents is 1. The summed E-state index contributed by atoms with van der Waals surface area (Å²) in [6.45, 7) is 0. The van der Waals surface area contributed by atoms with Crippen molar-refractivity contribution in [3.05, 3.63) is 63.7 Å². The van der Waals surface area contributed by atoms with Gasteiger partial charge in [0.25, 0.3) is 10.9 Å². The van der Waals surface area contributed by atoms with Crippen molar-refractivity contribution in [3.8, 4) is 11.5 Å². The third-order valence-electron chi connectivity index (χ3n) is 3.15. The molecule has 0 bridgehead atoms. The highest BCUT2D eigenvalue weighted by Gasteiger charge is 2.14. The second kappa shape index (κ2) is 7.98. The molecule has 0 spiro atoms. The molecule has 1 amide bonds. The van der Waals surface area contributed by atoms with Gasteiger partial charge in [-0.1, -0.05) is 35.5 Å². The van der Waals surface area contributed by atoms with E-state index in [-0.39, 0.29) is 28.5 Å². The molecule has 26 heavy (non-hydrogen) atoms. The Kier molecular flexibility index (Phi) is 5.49. The number of halogens is 1. The summed E-state index contributed by atoms with van der Waals surface area (Å²) in [7, 11) is 0. The number of hydrogen-bond donors (Lipinski definition) is 1. The molecule has 0 atom stereocenters. The van der Waals surface area contributed by atoms with Crippen LogP contribution < -0.4 is 5.32 Å². The average Bonchev–Trinajstić information content (AvgIpc) is 3.09. The number of carbonyl (C=O) groups excluding carboxylic acids is 1. The van der Waals surface area contributed by atoms with E-state index in [9.17, 15) is 14.9 Å². The molecule has 0 unspecified atom stereocenters. The quantitative estimate of drug-likeness (QED) is 0.384. The van der Waals surface area contributed by atoms with Crippen molar-refractivity contribution in [3.63, 3.8) is 0 Å². The molecule has 10 heteroatoms. The highest BCUT2D eigenvalue weighted by Crippen LogP contribution is 2.26. The second-order valence-corrected chi connectivity index (χ2v) is 6.39. The van der Waals surface area contributed by atoms with Crippen molar-refractivity contribution in [2.75, 3.05) is 11.1 Å². The minimum atomic E-state index is -0.504. The molecular weight excluding hydrogens is 380 g/mol. The van der Waals surface area contributed by atoms with Crippen LogP contribution in [-0.2, 0) is 4.79 Å². The normalized spacial score (nSPS) is 10.5. The van der Waals surface area contributed by atoms with Crippen LogP contribution in [0.5, 0.6) is 0 Å². The number of amides is 1. The number of thioether (sulfide) groups is 1. The molecule has 132 valence electrons. The SMILES string of the molecule is O=C(CSc1nnc(-c2cccc([N+](=O)[O-])c2)o1)Nc1cccc(Cl)c1. The summed E-state index contributed by atoms with van der Waals surface area (Å²) in [4.78, 5) is 22.3. The van der Waals surface area contributed by atoms with Crippen LogP contribution in [0.4, 0.5) is 11.4 Å². The number of nitro groups is 1. The molecule has 0 fully saturated rings. The monoisotopic (exact) mass is 390 g/mol. The van der Waals surface area contributed by atoms with Gasteiger partial charge in [0.1, 0.15) is 0 Å². The van der Waals surface area contributed by atoms with Gasteiger partial charge in [-0.25, -0.2) is 0 Å². The fourth-order valence-corrected chi connectivity index (χ4v) is 2.78. The Morgan fingerprint density at radius 3 is 2.81 bits per heavy atom. The number of rotatable bonds is 6. The van der Waals surface area contributed by atoms with Crippen LogP contribution in [0, 0.1) is 10.1 Å². The summed E-state index contributed by atoms with van der Waals surface area (Å²) in [6.07, 6.45) is 0. The van der Waals surface area contributed by atoms with Gasteiger partial charge in [0.15, 0.2) is 0 Å². The molecule has 1 heterocycles. The molecule has 0 aliphatic carbocycles. The zero-order chi connectivity index (χ0) is 18.5. The summed E-state index contributed by atoms with van der Waals surface area (Å²) in [5.41, 5.74) is 0.948. The van der Waals surface area contributed by atoms with Crippen molar-refractivity contribution in [1.82, 2.24) is 10.2 Å². The smallest absolute Gasteiger partial charge is 0.277 e. The van der Waals surface area contributed by atoms with E-state index in [1.165, 1.54) is 18.2 Å². The molecule has 0 saturated heterocycles. The van der Waals surface area contributed by atoms with E-state index in [4.69, 9.17) is 16.0 Å². The van der Waals surface area contributed by atoms with Crippen molar-refractivity contribution in [1.29, 1.82) is 0 Å². The number of nitrogens with one attached hydrogen (secondary N) is 1. The standard InChI is InChI=1S/C16H11ClN4O4S/c17-11-4-2-5-12(8-11)18-14(22)9-26-16-20-19-15(25-16)10-3-1-6-13(7-10)21(23)24/h1-8H,9H2,(H,18,22). The molecule has 8 nitrogen and oxygen atoms in total. The minimum absolute atomic E-state index is 0.0586. The van der Waals surface area contributed by atoms with Gasteiger partial charge in [-0.3, -0.25) is 14.9 Å². The molecular formula is C16H11ClN4O4S. The first-order chi connectivity index (χ1) is 12.5. The van der Waals surface area contributed by atoms with Gasteiger partial charge in [-0.2, -0.15) is 0 Å². The molecule has 2 aromatic carbocycles. The molecule has 1 N–H and O–H groups in total. The van der Waals surface area contributed by atoms with E-state index in [0.717, 1.165) is 11.8 Å². The average molecular weight is 391 g/mol. The van der Waals surface area contributed by atoms with Gasteiger partial charge in [-0.05, 0) is 24.3 Å². The Morgan fingerprint density at radius 2 is 2.04 bits per heavy atom. The maximum atomic E-state index is 12.0. The van der Waals surface area contributed by atoms with E-state index in [1.807, 2.05) is 0 Å². The van der Waals surface area contributed by atoms with E-state index in [2.05, 4.69) is 15.5 Å². The van der Waals surface area contributed by atoms with E-state index >= 15 is 0 Å². The van der Waals surface area contributed by atoms with E-state index < -0.39 is 4.92 Å². The summed E-state index contributed by atoms with van der Waals surface area (Å²) in [5.74, 6) is -0.0536. The number of hydrogen-bond acceptors (Lipinski definition) is 7. The first-order valence-corrected chi connectivity index (χ1v) is 8.64. The van der Waals surface area contributed by atoms with Crippen LogP contribution in [0.25, 0.3) is 11.5 Å². The fourth-order valence-electron chi connectivity index (χ4n) is 2.03.